The molecule has 108 valence electrons. The number of nitrogens with zero attached hydrogens (tertiary/aromatic N) is 3. The van der Waals surface area contributed by atoms with Crippen LogP contribution in [0.1, 0.15) is 12.0 Å². The van der Waals surface area contributed by atoms with E-state index in [0.717, 1.165) is 12.1 Å². The second-order valence-corrected chi connectivity index (χ2v) is 4.11. The molecule has 1 N–H and O–H groups in total. The number of aromatic nitrogens is 3. The third-order valence-corrected chi connectivity index (χ3v) is 2.85. The Morgan fingerprint density at radius 2 is 2.30 bits per heavy atom. The van der Waals surface area contributed by atoms with Gasteiger partial charge in [0.05, 0.1) is 13.7 Å². The van der Waals surface area contributed by atoms with Crippen LogP contribution < -0.4 is 10.1 Å². The van der Waals surface area contributed by atoms with E-state index in [4.69, 9.17) is 14.0 Å². The van der Waals surface area contributed by atoms with Crippen molar-refractivity contribution >= 4 is 12.4 Å². The van der Waals surface area contributed by atoms with Crippen LogP contribution in [0, 0.1) is 0 Å². The fourth-order valence-electron chi connectivity index (χ4n) is 1.84. The lowest BCUT2D eigenvalue weighted by Gasteiger charge is -2.19. The maximum Gasteiger partial charge on any atom is 0.257 e. The second kappa shape index (κ2) is 6.65. The van der Waals surface area contributed by atoms with Gasteiger partial charge < -0.3 is 19.3 Å². The zero-order valence-corrected chi connectivity index (χ0v) is 11.7. The molecule has 1 saturated heterocycles. The Bertz CT molecular complexity index is 540. The highest BCUT2D eigenvalue weighted by atomic mass is 35.5. The molecule has 0 spiro atoms. The summed E-state index contributed by atoms with van der Waals surface area (Å²) in [5.74, 6) is 1.53. The summed E-state index contributed by atoms with van der Waals surface area (Å²) in [5, 5.41) is 7.16. The Labute approximate surface area is 122 Å². The van der Waals surface area contributed by atoms with Crippen LogP contribution in [0.4, 0.5) is 0 Å². The zero-order chi connectivity index (χ0) is 13.1. The van der Waals surface area contributed by atoms with Crippen LogP contribution in [-0.4, -0.2) is 41.9 Å². The molecule has 3 rings (SSSR count). The predicted octanol–water partition coefficient (Wildman–Crippen LogP) is 1.22. The Balaban J connectivity index is 0.00000147. The fourth-order valence-corrected chi connectivity index (χ4v) is 1.84. The lowest BCUT2D eigenvalue weighted by atomic mass is 10.2. The van der Waals surface area contributed by atoms with E-state index in [0.29, 0.717) is 30.7 Å². The first-order valence-corrected chi connectivity index (χ1v) is 6.03. The van der Waals surface area contributed by atoms with E-state index < -0.39 is 0 Å². The maximum absolute atomic E-state index is 5.56. The molecule has 0 aliphatic carbocycles. The van der Waals surface area contributed by atoms with Gasteiger partial charge in [-0.1, -0.05) is 5.16 Å². The first-order valence-electron chi connectivity index (χ1n) is 6.03. The summed E-state index contributed by atoms with van der Waals surface area (Å²) in [6, 6.07) is 3.59. The Morgan fingerprint density at radius 1 is 1.40 bits per heavy atom. The lowest BCUT2D eigenvalue weighted by molar-refractivity contribution is 0.00755. The highest BCUT2D eigenvalue weighted by Crippen LogP contribution is 2.21. The zero-order valence-electron chi connectivity index (χ0n) is 10.9. The number of nitrogens with one attached hydrogen (secondary N) is 1. The lowest BCUT2D eigenvalue weighted by Crippen LogP contribution is -2.33. The van der Waals surface area contributed by atoms with Crippen LogP contribution in [-0.2, 0) is 4.74 Å². The third-order valence-electron chi connectivity index (χ3n) is 2.85. The van der Waals surface area contributed by atoms with Crippen molar-refractivity contribution < 1.29 is 14.0 Å². The van der Waals surface area contributed by atoms with Crippen molar-refractivity contribution in [2.75, 3.05) is 26.8 Å². The van der Waals surface area contributed by atoms with E-state index >= 15 is 0 Å². The number of ether oxygens (including phenoxy) is 2. The van der Waals surface area contributed by atoms with Gasteiger partial charge in [-0.15, -0.1) is 12.4 Å². The van der Waals surface area contributed by atoms with Gasteiger partial charge in [0.25, 0.3) is 5.89 Å². The Morgan fingerprint density at radius 3 is 2.95 bits per heavy atom. The number of hydrogen-bond donors (Lipinski definition) is 1. The van der Waals surface area contributed by atoms with Gasteiger partial charge in [0.2, 0.25) is 11.7 Å². The van der Waals surface area contributed by atoms with Gasteiger partial charge in [-0.05, 0) is 6.07 Å². The molecule has 1 aliphatic heterocycles. The number of halogens is 1. The largest absolute Gasteiger partial charge is 0.481 e. The summed E-state index contributed by atoms with van der Waals surface area (Å²) in [5.41, 5.74) is 0.777. The summed E-state index contributed by atoms with van der Waals surface area (Å²) < 4.78 is 15.8. The quantitative estimate of drug-likeness (QED) is 0.912. The van der Waals surface area contributed by atoms with Gasteiger partial charge in [-0.25, -0.2) is 4.98 Å². The minimum atomic E-state index is -0.179. The van der Waals surface area contributed by atoms with Crippen molar-refractivity contribution in [2.45, 2.75) is 6.10 Å². The molecule has 0 radical (unpaired) electrons. The molecular formula is C12H15ClN4O3. The van der Waals surface area contributed by atoms with Crippen molar-refractivity contribution in [3.05, 3.63) is 24.2 Å². The Hall–Kier alpha value is -1.70. The maximum atomic E-state index is 5.56. The molecule has 1 aliphatic rings. The first kappa shape index (κ1) is 14.7. The van der Waals surface area contributed by atoms with Gasteiger partial charge in [0.1, 0.15) is 6.10 Å². The van der Waals surface area contributed by atoms with Crippen LogP contribution in [0.2, 0.25) is 0 Å². The van der Waals surface area contributed by atoms with E-state index in [1.165, 1.54) is 0 Å². The van der Waals surface area contributed by atoms with Crippen LogP contribution >= 0.6 is 12.4 Å². The average Bonchev–Trinajstić information content (AvgIpc) is 2.98. The number of methoxy groups -OCH3 is 1. The van der Waals surface area contributed by atoms with Gasteiger partial charge >= 0.3 is 0 Å². The summed E-state index contributed by atoms with van der Waals surface area (Å²) in [6.45, 7) is 2.18. The minimum absolute atomic E-state index is 0. The van der Waals surface area contributed by atoms with Gasteiger partial charge in [-0.2, -0.15) is 4.98 Å². The van der Waals surface area contributed by atoms with E-state index in [-0.39, 0.29) is 18.5 Å². The molecule has 7 nitrogen and oxygen atoms in total. The van der Waals surface area contributed by atoms with Gasteiger partial charge in [0.15, 0.2) is 0 Å². The van der Waals surface area contributed by atoms with Gasteiger partial charge in [0, 0.05) is 30.9 Å². The number of rotatable bonds is 3. The molecule has 0 amide bonds. The van der Waals surface area contributed by atoms with Crippen LogP contribution in [0.5, 0.6) is 5.88 Å². The molecule has 0 bridgehead atoms. The third kappa shape index (κ3) is 3.06. The highest BCUT2D eigenvalue weighted by Gasteiger charge is 2.22. The molecular weight excluding hydrogens is 284 g/mol. The van der Waals surface area contributed by atoms with E-state index in [2.05, 4.69) is 20.4 Å². The first-order chi connectivity index (χ1) is 9.36. The van der Waals surface area contributed by atoms with E-state index in [1.54, 1.807) is 19.4 Å². The van der Waals surface area contributed by atoms with Crippen LogP contribution in [0.25, 0.3) is 11.4 Å². The molecule has 0 aromatic carbocycles. The molecule has 0 unspecified atom stereocenters. The Kier molecular flexibility index (Phi) is 4.89. The van der Waals surface area contributed by atoms with Crippen molar-refractivity contribution in [3.63, 3.8) is 0 Å². The predicted molar refractivity (Wildman–Crippen MR) is 72.9 cm³/mol. The molecule has 2 aromatic rings. The van der Waals surface area contributed by atoms with Crippen LogP contribution in [0.15, 0.2) is 22.9 Å². The summed E-state index contributed by atoms with van der Waals surface area (Å²) >= 11 is 0. The standard InChI is InChI=1S/C12H14N4O3.ClH/c1-17-10-3-2-8(6-14-10)11-15-12(19-16-11)9-7-13-4-5-18-9;/h2-3,6,9,13H,4-5,7H2,1H3;1H/t9-;/m0./s1. The molecule has 1 atom stereocenters. The minimum Gasteiger partial charge on any atom is -0.481 e. The van der Waals surface area contributed by atoms with Crippen molar-refractivity contribution in [3.8, 4) is 17.3 Å². The number of pyridine rings is 1. The topological polar surface area (TPSA) is 82.3 Å². The molecule has 1 fully saturated rings. The SMILES string of the molecule is COc1ccc(-c2noc([C@@H]3CNCCO3)n2)cn1.Cl. The summed E-state index contributed by atoms with van der Waals surface area (Å²) in [4.78, 5) is 8.44. The van der Waals surface area contributed by atoms with Crippen molar-refractivity contribution in [1.82, 2.24) is 20.4 Å². The monoisotopic (exact) mass is 298 g/mol. The summed E-state index contributed by atoms with van der Waals surface area (Å²) in [7, 11) is 1.57. The van der Waals surface area contributed by atoms with Crippen molar-refractivity contribution in [1.29, 1.82) is 0 Å². The molecule has 0 saturated carbocycles. The fraction of sp³-hybridized carbons (Fsp3) is 0.417. The normalized spacial score (nSPS) is 18.4. The number of morpholine rings is 1. The molecule has 3 heterocycles. The highest BCUT2D eigenvalue weighted by molar-refractivity contribution is 5.85. The molecule has 20 heavy (non-hydrogen) atoms. The molecule has 2 aromatic heterocycles. The molecule has 8 heteroatoms. The van der Waals surface area contributed by atoms with Crippen molar-refractivity contribution in [2.24, 2.45) is 0 Å². The second-order valence-electron chi connectivity index (χ2n) is 4.11. The van der Waals surface area contributed by atoms with Gasteiger partial charge in [-0.3, -0.25) is 0 Å². The van der Waals surface area contributed by atoms with E-state index in [1.807, 2.05) is 6.07 Å². The average molecular weight is 299 g/mol. The number of hydrogen-bond acceptors (Lipinski definition) is 7. The van der Waals surface area contributed by atoms with Crippen LogP contribution in [0.3, 0.4) is 0 Å². The summed E-state index contributed by atoms with van der Waals surface area (Å²) in [6.07, 6.45) is 1.47. The van der Waals surface area contributed by atoms with E-state index in [9.17, 15) is 0 Å². The smallest absolute Gasteiger partial charge is 0.257 e.